The summed E-state index contributed by atoms with van der Waals surface area (Å²) < 4.78 is 37.8. The number of halogens is 3. The molecule has 0 fully saturated rings. The largest absolute Gasteiger partial charge is 0.491 e. The molecule has 0 amide bonds. The van der Waals surface area contributed by atoms with Crippen molar-refractivity contribution in [3.8, 4) is 5.75 Å². The van der Waals surface area contributed by atoms with Crippen molar-refractivity contribution in [2.24, 2.45) is 5.73 Å². The molecule has 4 nitrogen and oxygen atoms in total. The molecule has 1 aromatic rings. The fraction of sp³-hybridized carbons (Fsp3) is 0.500. The number of esters is 1. The summed E-state index contributed by atoms with van der Waals surface area (Å²) >= 11 is 1.72. The van der Waals surface area contributed by atoms with Crippen molar-refractivity contribution in [3.63, 3.8) is 0 Å². The Morgan fingerprint density at radius 2 is 1.95 bits per heavy atom. The number of rotatable bonds is 4. The molecule has 0 aliphatic rings. The molecule has 21 heavy (non-hydrogen) atoms. The van der Waals surface area contributed by atoms with Gasteiger partial charge in [0.2, 0.25) is 0 Å². The van der Waals surface area contributed by atoms with Crippen LogP contribution in [0.1, 0.15) is 26.3 Å². The van der Waals surface area contributed by atoms with Crippen LogP contribution in [0, 0.1) is 15.2 Å². The minimum atomic E-state index is -1.04. The standard InChI is InChI=1S/C14H18F2INO3/c1-14(2,3)21-13(19)9(18)6-7-5-8(17)11(16)12(20-4)10(7)15/h5,9H,6,18H2,1-4H3. The number of carbonyl (C=O) groups is 1. The number of methoxy groups -OCH3 is 1. The predicted octanol–water partition coefficient (Wildman–Crippen LogP) is 2.79. The average molecular weight is 413 g/mol. The molecule has 2 N–H and O–H groups in total. The molecule has 1 aromatic carbocycles. The van der Waals surface area contributed by atoms with E-state index in [2.05, 4.69) is 0 Å². The normalized spacial score (nSPS) is 13.0. The summed E-state index contributed by atoms with van der Waals surface area (Å²) in [6.45, 7) is 5.13. The first-order valence-corrected chi connectivity index (χ1v) is 7.33. The molecule has 0 spiro atoms. The highest BCUT2D eigenvalue weighted by Gasteiger charge is 2.25. The maximum atomic E-state index is 14.1. The predicted molar refractivity (Wildman–Crippen MR) is 83.2 cm³/mol. The van der Waals surface area contributed by atoms with Crippen LogP contribution in [0.25, 0.3) is 0 Å². The summed E-state index contributed by atoms with van der Waals surface area (Å²) in [5.74, 6) is -2.74. The van der Waals surface area contributed by atoms with Gasteiger partial charge in [-0.3, -0.25) is 4.79 Å². The number of hydrogen-bond acceptors (Lipinski definition) is 4. The van der Waals surface area contributed by atoms with Gasteiger partial charge in [0.1, 0.15) is 11.6 Å². The second kappa shape index (κ2) is 6.87. The maximum absolute atomic E-state index is 14.1. The molecule has 1 unspecified atom stereocenters. The van der Waals surface area contributed by atoms with Crippen molar-refractivity contribution in [2.75, 3.05) is 7.11 Å². The van der Waals surface area contributed by atoms with Gasteiger partial charge < -0.3 is 15.2 Å². The third-order valence-corrected chi connectivity index (χ3v) is 3.33. The fourth-order valence-corrected chi connectivity index (χ4v) is 2.28. The lowest BCUT2D eigenvalue weighted by atomic mass is 10.0. The first-order valence-electron chi connectivity index (χ1n) is 6.25. The Labute approximate surface area is 136 Å². The Morgan fingerprint density at radius 1 is 1.38 bits per heavy atom. The number of carbonyl (C=O) groups excluding carboxylic acids is 1. The monoisotopic (exact) mass is 413 g/mol. The molecule has 1 atom stereocenters. The molecule has 0 radical (unpaired) electrons. The van der Waals surface area contributed by atoms with Crippen molar-refractivity contribution < 1.29 is 23.0 Å². The Morgan fingerprint density at radius 3 is 2.43 bits per heavy atom. The van der Waals surface area contributed by atoms with Crippen LogP contribution >= 0.6 is 22.6 Å². The Bertz CT molecular complexity index is 544. The fourth-order valence-electron chi connectivity index (χ4n) is 1.66. The van der Waals surface area contributed by atoms with E-state index in [1.165, 1.54) is 13.2 Å². The molecular weight excluding hydrogens is 395 g/mol. The van der Waals surface area contributed by atoms with E-state index < -0.39 is 35.0 Å². The first kappa shape index (κ1) is 18.1. The van der Waals surface area contributed by atoms with Crippen molar-refractivity contribution in [1.29, 1.82) is 0 Å². The van der Waals surface area contributed by atoms with Crippen LogP contribution in [-0.4, -0.2) is 24.7 Å². The van der Waals surface area contributed by atoms with Gasteiger partial charge in [0.15, 0.2) is 17.4 Å². The van der Waals surface area contributed by atoms with Gasteiger partial charge in [0.05, 0.1) is 10.7 Å². The molecule has 0 saturated heterocycles. The second-order valence-electron chi connectivity index (χ2n) is 5.52. The molecule has 1 rings (SSSR count). The molecule has 0 aliphatic heterocycles. The number of ether oxygens (including phenoxy) is 2. The van der Waals surface area contributed by atoms with E-state index in [-0.39, 0.29) is 15.6 Å². The van der Waals surface area contributed by atoms with Gasteiger partial charge in [-0.05, 0) is 55.0 Å². The van der Waals surface area contributed by atoms with E-state index in [4.69, 9.17) is 15.2 Å². The summed E-state index contributed by atoms with van der Waals surface area (Å²) in [7, 11) is 1.18. The van der Waals surface area contributed by atoms with Gasteiger partial charge in [0, 0.05) is 6.42 Å². The van der Waals surface area contributed by atoms with Crippen LogP contribution in [0.15, 0.2) is 6.07 Å². The molecule has 0 bridgehead atoms. The summed E-state index contributed by atoms with van der Waals surface area (Å²) in [4.78, 5) is 11.8. The second-order valence-corrected chi connectivity index (χ2v) is 6.69. The summed E-state index contributed by atoms with van der Waals surface area (Å²) in [5.41, 5.74) is 5.16. The van der Waals surface area contributed by atoms with Gasteiger partial charge in [-0.15, -0.1) is 0 Å². The maximum Gasteiger partial charge on any atom is 0.323 e. The Balaban J connectivity index is 2.98. The first-order chi connectivity index (χ1) is 9.56. The zero-order valence-electron chi connectivity index (χ0n) is 12.3. The van der Waals surface area contributed by atoms with Crippen molar-refractivity contribution >= 4 is 28.6 Å². The zero-order valence-corrected chi connectivity index (χ0v) is 14.5. The van der Waals surface area contributed by atoms with Crippen LogP contribution in [0.4, 0.5) is 8.78 Å². The van der Waals surface area contributed by atoms with Gasteiger partial charge in [-0.2, -0.15) is 0 Å². The topological polar surface area (TPSA) is 61.5 Å². The highest BCUT2D eigenvalue weighted by molar-refractivity contribution is 14.1. The van der Waals surface area contributed by atoms with Crippen LogP contribution < -0.4 is 10.5 Å². The van der Waals surface area contributed by atoms with Crippen LogP contribution in [0.3, 0.4) is 0 Å². The third kappa shape index (κ3) is 4.77. The van der Waals surface area contributed by atoms with Crippen molar-refractivity contribution in [2.45, 2.75) is 38.8 Å². The van der Waals surface area contributed by atoms with E-state index in [0.29, 0.717) is 0 Å². The van der Waals surface area contributed by atoms with Gasteiger partial charge in [-0.1, -0.05) is 0 Å². The lowest BCUT2D eigenvalue weighted by molar-refractivity contribution is -0.156. The number of benzene rings is 1. The SMILES string of the molecule is COc1c(F)c(I)cc(CC(N)C(=O)OC(C)(C)C)c1F. The zero-order chi connectivity index (χ0) is 16.4. The quantitative estimate of drug-likeness (QED) is 0.469. The summed E-state index contributed by atoms with van der Waals surface area (Å²) in [5, 5.41) is 0. The number of hydrogen-bond donors (Lipinski definition) is 1. The smallest absolute Gasteiger partial charge is 0.323 e. The number of nitrogens with two attached hydrogens (primary N) is 1. The minimum Gasteiger partial charge on any atom is -0.491 e. The van der Waals surface area contributed by atoms with E-state index in [1.807, 2.05) is 0 Å². The highest BCUT2D eigenvalue weighted by Crippen LogP contribution is 2.29. The van der Waals surface area contributed by atoms with E-state index in [1.54, 1.807) is 43.4 Å². The Kier molecular flexibility index (Phi) is 5.92. The van der Waals surface area contributed by atoms with Crippen LogP contribution in [0.5, 0.6) is 5.75 Å². The molecule has 0 saturated carbocycles. The molecule has 118 valence electrons. The highest BCUT2D eigenvalue weighted by atomic mass is 127. The van der Waals surface area contributed by atoms with Crippen molar-refractivity contribution in [3.05, 3.63) is 26.8 Å². The average Bonchev–Trinajstić information content (AvgIpc) is 2.34. The van der Waals surface area contributed by atoms with Gasteiger partial charge >= 0.3 is 5.97 Å². The van der Waals surface area contributed by atoms with Crippen LogP contribution in [-0.2, 0) is 16.0 Å². The summed E-state index contributed by atoms with van der Waals surface area (Å²) in [6, 6.07) is 0.266. The molecule has 0 aliphatic carbocycles. The van der Waals surface area contributed by atoms with E-state index in [0.717, 1.165) is 0 Å². The lowest BCUT2D eigenvalue weighted by Gasteiger charge is -2.22. The molecule has 7 heteroatoms. The lowest BCUT2D eigenvalue weighted by Crippen LogP contribution is -2.39. The van der Waals surface area contributed by atoms with Crippen LogP contribution in [0.2, 0.25) is 0 Å². The van der Waals surface area contributed by atoms with Gasteiger partial charge in [0.25, 0.3) is 0 Å². The third-order valence-electron chi connectivity index (χ3n) is 2.54. The summed E-state index contributed by atoms with van der Waals surface area (Å²) in [6.07, 6.45) is -0.104. The van der Waals surface area contributed by atoms with E-state index in [9.17, 15) is 13.6 Å². The molecule has 0 heterocycles. The molecule has 0 aromatic heterocycles. The Hall–Kier alpha value is -0.960. The van der Waals surface area contributed by atoms with E-state index >= 15 is 0 Å². The van der Waals surface area contributed by atoms with Gasteiger partial charge in [-0.25, -0.2) is 8.78 Å². The molecular formula is C14H18F2INO3. The van der Waals surface area contributed by atoms with Crippen molar-refractivity contribution in [1.82, 2.24) is 0 Å². The minimum absolute atomic E-state index is 0.104.